The molecular formula is C18H19BrFNO4. The Hall–Kier alpha value is -2.28. The number of amides is 1. The second kappa shape index (κ2) is 7.74. The maximum absolute atomic E-state index is 14.3. The highest BCUT2D eigenvalue weighted by molar-refractivity contribution is 9.10. The number of hydrogen-bond acceptors (Lipinski definition) is 3. The summed E-state index contributed by atoms with van der Waals surface area (Å²) in [6.45, 7) is 3.37. The normalized spacial score (nSPS) is 11.1. The molecule has 0 heterocycles. The van der Waals surface area contributed by atoms with E-state index < -0.39 is 17.4 Å². The van der Waals surface area contributed by atoms with E-state index in [1.807, 2.05) is 6.07 Å². The summed E-state index contributed by atoms with van der Waals surface area (Å²) in [5.41, 5.74) is -0.491. The number of carbonyl (C=O) groups is 1. The van der Waals surface area contributed by atoms with E-state index in [-0.39, 0.29) is 6.42 Å². The van der Waals surface area contributed by atoms with Gasteiger partial charge < -0.3 is 19.9 Å². The average molecular weight is 412 g/mol. The van der Waals surface area contributed by atoms with Crippen LogP contribution in [-0.2, 0) is 6.42 Å². The summed E-state index contributed by atoms with van der Waals surface area (Å²) in [6.07, 6.45) is -0.992. The van der Waals surface area contributed by atoms with E-state index in [2.05, 4.69) is 21.2 Å². The van der Waals surface area contributed by atoms with Crippen LogP contribution in [0.5, 0.6) is 17.2 Å². The third kappa shape index (κ3) is 5.09. The molecule has 0 radical (unpaired) electrons. The van der Waals surface area contributed by atoms with Crippen LogP contribution in [0.2, 0.25) is 0 Å². The van der Waals surface area contributed by atoms with E-state index in [1.54, 1.807) is 38.1 Å². The van der Waals surface area contributed by atoms with Gasteiger partial charge in [-0.1, -0.05) is 12.1 Å². The van der Waals surface area contributed by atoms with Crippen LogP contribution in [0.15, 0.2) is 40.9 Å². The van der Waals surface area contributed by atoms with Crippen molar-refractivity contribution in [2.75, 3.05) is 7.11 Å². The van der Waals surface area contributed by atoms with Crippen molar-refractivity contribution in [3.8, 4) is 17.2 Å². The monoisotopic (exact) mass is 411 g/mol. The largest absolute Gasteiger partial charge is 0.493 e. The molecule has 0 unspecified atom stereocenters. The van der Waals surface area contributed by atoms with Crippen LogP contribution in [-0.4, -0.2) is 23.8 Å². The SMILES string of the molecule is COc1ccccc1Oc1cc(CC(C)(C)NC(=O)O)c(F)cc1Br. The van der Waals surface area contributed by atoms with Gasteiger partial charge in [-0.3, -0.25) is 0 Å². The molecule has 0 atom stereocenters. The average Bonchev–Trinajstić information content (AvgIpc) is 2.51. The van der Waals surface area contributed by atoms with Gasteiger partial charge in [0.15, 0.2) is 11.5 Å². The van der Waals surface area contributed by atoms with Gasteiger partial charge in [0.05, 0.1) is 11.6 Å². The molecule has 0 saturated carbocycles. The lowest BCUT2D eigenvalue weighted by atomic mass is 9.94. The lowest BCUT2D eigenvalue weighted by Crippen LogP contribution is -2.44. The van der Waals surface area contributed by atoms with Gasteiger partial charge in [-0.05, 0) is 66.0 Å². The van der Waals surface area contributed by atoms with Crippen LogP contribution in [0.4, 0.5) is 9.18 Å². The van der Waals surface area contributed by atoms with E-state index in [4.69, 9.17) is 14.6 Å². The minimum Gasteiger partial charge on any atom is -0.493 e. The molecule has 0 saturated heterocycles. The topological polar surface area (TPSA) is 67.8 Å². The lowest BCUT2D eigenvalue weighted by Gasteiger charge is -2.25. The summed E-state index contributed by atoms with van der Waals surface area (Å²) in [5.74, 6) is 1.01. The number of rotatable bonds is 6. The highest BCUT2D eigenvalue weighted by Gasteiger charge is 2.23. The fraction of sp³-hybridized carbons (Fsp3) is 0.278. The van der Waals surface area contributed by atoms with E-state index in [0.29, 0.717) is 27.3 Å². The molecule has 1 amide bonds. The molecule has 25 heavy (non-hydrogen) atoms. The van der Waals surface area contributed by atoms with Crippen molar-refractivity contribution in [2.24, 2.45) is 0 Å². The van der Waals surface area contributed by atoms with Crippen LogP contribution in [0, 0.1) is 5.82 Å². The molecule has 5 nitrogen and oxygen atoms in total. The first-order valence-electron chi connectivity index (χ1n) is 7.52. The Balaban J connectivity index is 2.33. The first-order valence-corrected chi connectivity index (χ1v) is 8.31. The minimum atomic E-state index is -1.16. The second-order valence-electron chi connectivity index (χ2n) is 6.12. The van der Waals surface area contributed by atoms with Gasteiger partial charge in [0.25, 0.3) is 0 Å². The van der Waals surface area contributed by atoms with E-state index >= 15 is 0 Å². The van der Waals surface area contributed by atoms with Crippen molar-refractivity contribution in [3.05, 3.63) is 52.3 Å². The molecule has 0 aliphatic rings. The molecule has 0 aliphatic heterocycles. The molecule has 7 heteroatoms. The highest BCUT2D eigenvalue weighted by Crippen LogP contribution is 2.36. The smallest absolute Gasteiger partial charge is 0.405 e. The number of carboxylic acid groups (broad SMARTS) is 1. The lowest BCUT2D eigenvalue weighted by molar-refractivity contribution is 0.182. The number of hydrogen-bond donors (Lipinski definition) is 2. The Morgan fingerprint density at radius 1 is 1.24 bits per heavy atom. The molecule has 2 rings (SSSR count). The Morgan fingerprint density at radius 3 is 2.48 bits per heavy atom. The van der Waals surface area contributed by atoms with Crippen molar-refractivity contribution < 1.29 is 23.8 Å². The molecule has 0 aromatic heterocycles. The number of ether oxygens (including phenoxy) is 2. The van der Waals surface area contributed by atoms with E-state index in [0.717, 1.165) is 0 Å². The minimum absolute atomic E-state index is 0.167. The molecular weight excluding hydrogens is 393 g/mol. The van der Waals surface area contributed by atoms with Crippen LogP contribution < -0.4 is 14.8 Å². The zero-order valence-electron chi connectivity index (χ0n) is 14.1. The Labute approximate surface area is 153 Å². The van der Waals surface area contributed by atoms with Gasteiger partial charge >= 0.3 is 6.09 Å². The molecule has 0 bridgehead atoms. The van der Waals surface area contributed by atoms with Crippen molar-refractivity contribution in [1.82, 2.24) is 5.32 Å². The maximum atomic E-state index is 14.3. The predicted molar refractivity (Wildman–Crippen MR) is 96.1 cm³/mol. The van der Waals surface area contributed by atoms with Crippen molar-refractivity contribution in [2.45, 2.75) is 25.8 Å². The fourth-order valence-corrected chi connectivity index (χ4v) is 2.81. The number of benzene rings is 2. The van der Waals surface area contributed by atoms with Crippen molar-refractivity contribution in [3.63, 3.8) is 0 Å². The van der Waals surface area contributed by atoms with E-state index in [9.17, 15) is 9.18 Å². The zero-order chi connectivity index (χ0) is 18.6. The first kappa shape index (κ1) is 19.1. The molecule has 2 aromatic carbocycles. The fourth-order valence-electron chi connectivity index (χ4n) is 2.42. The number of nitrogens with one attached hydrogen (secondary N) is 1. The summed E-state index contributed by atoms with van der Waals surface area (Å²) < 4.78 is 25.8. The maximum Gasteiger partial charge on any atom is 0.405 e. The summed E-state index contributed by atoms with van der Waals surface area (Å²) in [4.78, 5) is 10.9. The predicted octanol–water partition coefficient (Wildman–Crippen LogP) is 4.98. The Bertz CT molecular complexity index is 780. The second-order valence-corrected chi connectivity index (χ2v) is 6.97. The third-order valence-corrected chi connectivity index (χ3v) is 4.09. The summed E-state index contributed by atoms with van der Waals surface area (Å²) >= 11 is 3.29. The summed E-state index contributed by atoms with van der Waals surface area (Å²) in [5, 5.41) is 11.3. The number of para-hydroxylation sites is 2. The van der Waals surface area contributed by atoms with Gasteiger partial charge in [-0.25, -0.2) is 9.18 Å². The standard InChI is InChI=1S/C18H19BrFNO4/c1-18(2,21-17(22)23)10-11-8-16(12(19)9-13(11)20)25-15-7-5-4-6-14(15)24-3/h4-9,21H,10H2,1-3H3,(H,22,23). The van der Waals surface area contributed by atoms with Crippen LogP contribution in [0.1, 0.15) is 19.4 Å². The molecule has 0 fully saturated rings. The summed E-state index contributed by atoms with van der Waals surface area (Å²) in [6, 6.07) is 9.97. The van der Waals surface area contributed by atoms with Gasteiger partial charge in [-0.15, -0.1) is 0 Å². The third-order valence-electron chi connectivity index (χ3n) is 3.47. The van der Waals surface area contributed by atoms with Gasteiger partial charge in [0.2, 0.25) is 0 Å². The number of methoxy groups -OCH3 is 1. The first-order chi connectivity index (χ1) is 11.7. The van der Waals surface area contributed by atoms with Gasteiger partial charge in [0, 0.05) is 5.54 Å². The van der Waals surface area contributed by atoms with Gasteiger partial charge in [0.1, 0.15) is 11.6 Å². The number of halogens is 2. The summed E-state index contributed by atoms with van der Waals surface area (Å²) in [7, 11) is 1.54. The molecule has 0 aliphatic carbocycles. The van der Waals surface area contributed by atoms with Crippen molar-refractivity contribution >= 4 is 22.0 Å². The van der Waals surface area contributed by atoms with Gasteiger partial charge in [-0.2, -0.15) is 0 Å². The quantitative estimate of drug-likeness (QED) is 0.703. The molecule has 2 aromatic rings. The Kier molecular flexibility index (Phi) is 5.89. The Morgan fingerprint density at radius 2 is 1.88 bits per heavy atom. The highest BCUT2D eigenvalue weighted by atomic mass is 79.9. The molecule has 134 valence electrons. The molecule has 2 N–H and O–H groups in total. The van der Waals surface area contributed by atoms with Crippen LogP contribution in [0.3, 0.4) is 0 Å². The molecule has 0 spiro atoms. The van der Waals surface area contributed by atoms with E-state index in [1.165, 1.54) is 13.2 Å². The zero-order valence-corrected chi connectivity index (χ0v) is 15.7. The van der Waals surface area contributed by atoms with Crippen molar-refractivity contribution in [1.29, 1.82) is 0 Å². The van der Waals surface area contributed by atoms with Crippen LogP contribution >= 0.6 is 15.9 Å². The van der Waals surface area contributed by atoms with Crippen LogP contribution in [0.25, 0.3) is 0 Å².